The van der Waals surface area contributed by atoms with Gasteiger partial charge in [-0.3, -0.25) is 4.90 Å². The van der Waals surface area contributed by atoms with E-state index in [1.807, 2.05) is 12.1 Å². The van der Waals surface area contributed by atoms with Gasteiger partial charge < -0.3 is 9.64 Å². The van der Waals surface area contributed by atoms with Gasteiger partial charge >= 0.3 is 0 Å². The highest BCUT2D eigenvalue weighted by molar-refractivity contribution is 5.38. The topological polar surface area (TPSA) is 41.5 Å². The highest BCUT2D eigenvalue weighted by Crippen LogP contribution is 2.20. The third kappa shape index (κ3) is 5.70. The SMILES string of the molecule is C=CCC[C@@H](CN1CCCC1)Oc1ccc(N2CCCCCC2)nn1. The molecular formula is C20H32N4O. The molecule has 2 aliphatic heterocycles. The Morgan fingerprint density at radius 3 is 2.36 bits per heavy atom. The van der Waals surface area contributed by atoms with Gasteiger partial charge in [0.2, 0.25) is 5.88 Å². The van der Waals surface area contributed by atoms with Crippen LogP contribution in [-0.2, 0) is 0 Å². The zero-order chi connectivity index (χ0) is 17.3. The number of ether oxygens (including phenoxy) is 1. The van der Waals surface area contributed by atoms with E-state index in [-0.39, 0.29) is 6.10 Å². The summed E-state index contributed by atoms with van der Waals surface area (Å²) in [6, 6.07) is 4.05. The zero-order valence-electron chi connectivity index (χ0n) is 15.4. The lowest BCUT2D eigenvalue weighted by Crippen LogP contribution is -2.34. The van der Waals surface area contributed by atoms with E-state index < -0.39 is 0 Å². The van der Waals surface area contributed by atoms with Crippen molar-refractivity contribution < 1.29 is 4.74 Å². The summed E-state index contributed by atoms with van der Waals surface area (Å²) >= 11 is 0. The molecule has 0 N–H and O–H groups in total. The molecule has 5 heteroatoms. The number of likely N-dealkylation sites (tertiary alicyclic amines) is 1. The first kappa shape index (κ1) is 18.2. The molecule has 138 valence electrons. The maximum atomic E-state index is 6.16. The van der Waals surface area contributed by atoms with Crippen molar-refractivity contribution in [3.63, 3.8) is 0 Å². The molecule has 0 aromatic carbocycles. The van der Waals surface area contributed by atoms with Gasteiger partial charge in [0, 0.05) is 25.7 Å². The Balaban J connectivity index is 1.57. The summed E-state index contributed by atoms with van der Waals surface area (Å²) < 4.78 is 6.16. The number of nitrogens with zero attached hydrogens (tertiary/aromatic N) is 4. The zero-order valence-corrected chi connectivity index (χ0v) is 15.4. The molecule has 0 amide bonds. The Hall–Kier alpha value is -1.62. The van der Waals surface area contributed by atoms with Gasteiger partial charge in [0.1, 0.15) is 6.10 Å². The van der Waals surface area contributed by atoms with E-state index in [9.17, 15) is 0 Å². The smallest absolute Gasteiger partial charge is 0.233 e. The van der Waals surface area contributed by atoms with Crippen molar-refractivity contribution in [1.29, 1.82) is 0 Å². The number of hydrogen-bond acceptors (Lipinski definition) is 5. The summed E-state index contributed by atoms with van der Waals surface area (Å²) in [6.45, 7) is 9.37. The fourth-order valence-corrected chi connectivity index (χ4v) is 3.76. The van der Waals surface area contributed by atoms with Crippen LogP contribution in [0.25, 0.3) is 0 Å². The van der Waals surface area contributed by atoms with Gasteiger partial charge in [-0.05, 0) is 57.7 Å². The third-order valence-corrected chi connectivity index (χ3v) is 5.20. The Morgan fingerprint density at radius 2 is 1.72 bits per heavy atom. The Labute approximate surface area is 152 Å². The van der Waals surface area contributed by atoms with E-state index in [1.165, 1.54) is 51.6 Å². The van der Waals surface area contributed by atoms with Crippen molar-refractivity contribution in [2.75, 3.05) is 37.6 Å². The monoisotopic (exact) mass is 344 g/mol. The van der Waals surface area contributed by atoms with Crippen LogP contribution in [0, 0.1) is 0 Å². The lowest BCUT2D eigenvalue weighted by molar-refractivity contribution is 0.133. The minimum atomic E-state index is 0.162. The van der Waals surface area contributed by atoms with Crippen LogP contribution in [0.15, 0.2) is 24.8 Å². The molecule has 2 aliphatic rings. The number of hydrogen-bond donors (Lipinski definition) is 0. The molecule has 0 aliphatic carbocycles. The van der Waals surface area contributed by atoms with Gasteiger partial charge in [-0.15, -0.1) is 16.8 Å². The second kappa shape index (κ2) is 9.76. The van der Waals surface area contributed by atoms with Crippen molar-refractivity contribution in [2.45, 2.75) is 57.5 Å². The summed E-state index contributed by atoms with van der Waals surface area (Å²) in [6.07, 6.45) is 11.8. The summed E-state index contributed by atoms with van der Waals surface area (Å²) in [5.74, 6) is 1.63. The van der Waals surface area contributed by atoms with Crippen molar-refractivity contribution in [3.8, 4) is 5.88 Å². The number of rotatable bonds is 8. The number of aromatic nitrogens is 2. The van der Waals surface area contributed by atoms with Crippen LogP contribution in [0.3, 0.4) is 0 Å². The van der Waals surface area contributed by atoms with E-state index in [0.29, 0.717) is 5.88 Å². The Morgan fingerprint density at radius 1 is 1.00 bits per heavy atom. The van der Waals surface area contributed by atoms with Crippen LogP contribution in [0.2, 0.25) is 0 Å². The van der Waals surface area contributed by atoms with Crippen molar-refractivity contribution in [2.24, 2.45) is 0 Å². The Bertz CT molecular complexity index is 505. The molecule has 3 heterocycles. The van der Waals surface area contributed by atoms with Crippen molar-refractivity contribution >= 4 is 5.82 Å². The minimum Gasteiger partial charge on any atom is -0.472 e. The Kier molecular flexibility index (Phi) is 7.10. The highest BCUT2D eigenvalue weighted by atomic mass is 16.5. The standard InChI is InChI=1S/C20H32N4O/c1-2-3-10-18(17-23-13-8-9-14-23)25-20-12-11-19(21-22-20)24-15-6-4-5-7-16-24/h2,11-12,18H,1,3-10,13-17H2/t18-/m0/s1. The molecule has 0 saturated carbocycles. The summed E-state index contributed by atoms with van der Waals surface area (Å²) in [5.41, 5.74) is 0. The minimum absolute atomic E-state index is 0.162. The third-order valence-electron chi connectivity index (χ3n) is 5.20. The molecule has 2 fully saturated rings. The molecule has 0 unspecified atom stereocenters. The molecule has 1 aromatic rings. The molecule has 25 heavy (non-hydrogen) atoms. The van der Waals surface area contributed by atoms with E-state index >= 15 is 0 Å². The molecule has 5 nitrogen and oxygen atoms in total. The predicted octanol–water partition coefficient (Wildman–Crippen LogP) is 3.67. The van der Waals surface area contributed by atoms with Crippen LogP contribution >= 0.6 is 0 Å². The number of allylic oxidation sites excluding steroid dienone is 1. The fourth-order valence-electron chi connectivity index (χ4n) is 3.76. The van der Waals surface area contributed by atoms with Crippen molar-refractivity contribution in [3.05, 3.63) is 24.8 Å². The molecule has 1 atom stereocenters. The maximum absolute atomic E-state index is 6.16. The quantitative estimate of drug-likeness (QED) is 0.673. The van der Waals surface area contributed by atoms with Crippen LogP contribution in [-0.4, -0.2) is 53.9 Å². The van der Waals surface area contributed by atoms with Gasteiger partial charge in [-0.2, -0.15) is 0 Å². The molecule has 2 saturated heterocycles. The first-order chi connectivity index (χ1) is 12.3. The lowest BCUT2D eigenvalue weighted by atomic mass is 10.2. The largest absolute Gasteiger partial charge is 0.472 e. The van der Waals surface area contributed by atoms with Gasteiger partial charge in [0.25, 0.3) is 0 Å². The fraction of sp³-hybridized carbons (Fsp3) is 0.700. The van der Waals surface area contributed by atoms with Crippen LogP contribution < -0.4 is 9.64 Å². The summed E-state index contributed by atoms with van der Waals surface area (Å²) in [7, 11) is 0. The molecule has 0 bridgehead atoms. The highest BCUT2D eigenvalue weighted by Gasteiger charge is 2.19. The second-order valence-corrected chi connectivity index (χ2v) is 7.24. The van der Waals surface area contributed by atoms with Crippen LogP contribution in [0.4, 0.5) is 5.82 Å². The summed E-state index contributed by atoms with van der Waals surface area (Å²) in [4.78, 5) is 4.84. The first-order valence-electron chi connectivity index (χ1n) is 9.94. The summed E-state index contributed by atoms with van der Waals surface area (Å²) in [5, 5.41) is 8.78. The second-order valence-electron chi connectivity index (χ2n) is 7.24. The van der Waals surface area contributed by atoms with Gasteiger partial charge in [0.15, 0.2) is 5.82 Å². The van der Waals surface area contributed by atoms with Crippen LogP contribution in [0.1, 0.15) is 51.4 Å². The van der Waals surface area contributed by atoms with Crippen molar-refractivity contribution in [1.82, 2.24) is 15.1 Å². The van der Waals surface area contributed by atoms with Gasteiger partial charge in [0.05, 0.1) is 0 Å². The van der Waals surface area contributed by atoms with Gasteiger partial charge in [-0.25, -0.2) is 0 Å². The molecule has 1 aromatic heterocycles. The number of anilines is 1. The molecule has 3 rings (SSSR count). The first-order valence-corrected chi connectivity index (χ1v) is 9.94. The normalized spacial score (nSPS) is 20.2. The van der Waals surface area contributed by atoms with E-state index in [0.717, 1.165) is 38.3 Å². The molecule has 0 radical (unpaired) electrons. The van der Waals surface area contributed by atoms with E-state index in [4.69, 9.17) is 4.74 Å². The maximum Gasteiger partial charge on any atom is 0.233 e. The average Bonchev–Trinajstić information content (AvgIpc) is 3.00. The average molecular weight is 345 g/mol. The molecular weight excluding hydrogens is 312 g/mol. The predicted molar refractivity (Wildman–Crippen MR) is 102 cm³/mol. The van der Waals surface area contributed by atoms with Crippen LogP contribution in [0.5, 0.6) is 5.88 Å². The van der Waals surface area contributed by atoms with E-state index in [1.54, 1.807) is 0 Å². The molecule has 0 spiro atoms. The van der Waals surface area contributed by atoms with E-state index in [2.05, 4.69) is 32.6 Å². The lowest BCUT2D eigenvalue weighted by Gasteiger charge is -2.24. The van der Waals surface area contributed by atoms with Gasteiger partial charge in [-0.1, -0.05) is 18.9 Å².